The van der Waals surface area contributed by atoms with E-state index in [0.717, 1.165) is 5.56 Å². The molecule has 2 rings (SSSR count). The van der Waals surface area contributed by atoms with Crippen LogP contribution in [0.4, 0.5) is 0 Å². The summed E-state index contributed by atoms with van der Waals surface area (Å²) in [5, 5.41) is 0. The number of nitrogens with two attached hydrogens (primary N) is 1. The number of benzene rings is 1. The maximum atomic E-state index is 11.8. The van der Waals surface area contributed by atoms with Gasteiger partial charge in [-0.15, -0.1) is 0 Å². The highest BCUT2D eigenvalue weighted by Gasteiger charge is 2.38. The number of hydrogen-bond donors (Lipinski definition) is 1. The molecule has 7 heteroatoms. The maximum Gasteiger partial charge on any atom is 0.349 e. The lowest BCUT2D eigenvalue weighted by Crippen LogP contribution is -2.35. The Morgan fingerprint density at radius 3 is 2.91 bits per heavy atom. The molecule has 2 atom stereocenters. The van der Waals surface area contributed by atoms with E-state index >= 15 is 0 Å². The third-order valence-corrected chi connectivity index (χ3v) is 3.18. The van der Waals surface area contributed by atoms with Crippen molar-refractivity contribution in [2.24, 2.45) is 5.73 Å². The summed E-state index contributed by atoms with van der Waals surface area (Å²) in [7, 11) is 1.60. The second-order valence-electron chi connectivity index (χ2n) is 4.68. The van der Waals surface area contributed by atoms with Crippen LogP contribution >= 0.6 is 0 Å². The fourth-order valence-electron chi connectivity index (χ4n) is 2.09. The number of hydrogen-bond acceptors (Lipinski definition) is 7. The van der Waals surface area contributed by atoms with Crippen molar-refractivity contribution >= 4 is 5.97 Å². The highest BCUT2D eigenvalue weighted by atomic mass is 16.7. The van der Waals surface area contributed by atoms with Crippen molar-refractivity contribution < 1.29 is 28.5 Å². The molecule has 1 aliphatic rings. The Hall–Kier alpha value is -1.83. The molecular weight excluding hydrogens is 290 g/mol. The third kappa shape index (κ3) is 3.88. The van der Waals surface area contributed by atoms with Crippen molar-refractivity contribution in [1.82, 2.24) is 0 Å². The molecule has 0 bridgehead atoms. The largest absolute Gasteiger partial charge is 0.476 e. The van der Waals surface area contributed by atoms with E-state index in [-0.39, 0.29) is 13.4 Å². The number of carbonyl (C=O) groups excluding carboxylic acids is 1. The molecule has 1 aliphatic heterocycles. The van der Waals surface area contributed by atoms with Gasteiger partial charge in [0, 0.05) is 18.7 Å². The van der Waals surface area contributed by atoms with E-state index in [0.29, 0.717) is 24.7 Å². The Labute approximate surface area is 129 Å². The van der Waals surface area contributed by atoms with Crippen LogP contribution in [0.25, 0.3) is 0 Å². The molecular formula is C15H21NO6. The normalized spacial score (nSPS) is 19.4. The number of fused-ring (bicyclic) bond motifs is 1. The first-order valence-electron chi connectivity index (χ1n) is 7.09. The number of rotatable bonds is 8. The van der Waals surface area contributed by atoms with Crippen LogP contribution in [0.15, 0.2) is 18.2 Å². The van der Waals surface area contributed by atoms with Crippen molar-refractivity contribution in [2.45, 2.75) is 19.1 Å². The average Bonchev–Trinajstić information content (AvgIpc) is 2.84. The summed E-state index contributed by atoms with van der Waals surface area (Å²) >= 11 is 0. The number of carbonyl (C=O) groups is 1. The molecule has 22 heavy (non-hydrogen) atoms. The predicted octanol–water partition coefficient (Wildman–Crippen LogP) is 1.01. The van der Waals surface area contributed by atoms with Crippen molar-refractivity contribution in [1.29, 1.82) is 0 Å². The molecule has 1 aromatic rings. The molecule has 1 heterocycles. The Kier molecular flexibility index (Phi) is 6.00. The molecule has 0 aliphatic carbocycles. The number of esters is 1. The molecule has 0 saturated heterocycles. The van der Waals surface area contributed by atoms with E-state index in [1.807, 2.05) is 0 Å². The zero-order valence-electron chi connectivity index (χ0n) is 12.7. The van der Waals surface area contributed by atoms with Crippen LogP contribution < -0.4 is 15.2 Å². The minimum atomic E-state index is -0.817. The van der Waals surface area contributed by atoms with Gasteiger partial charge in [-0.25, -0.2) is 4.79 Å². The van der Waals surface area contributed by atoms with Crippen LogP contribution in [0.5, 0.6) is 11.5 Å². The summed E-state index contributed by atoms with van der Waals surface area (Å²) in [6.45, 7) is 3.09. The molecule has 0 spiro atoms. The van der Waals surface area contributed by atoms with Gasteiger partial charge < -0.3 is 29.4 Å². The molecule has 0 amide bonds. The topological polar surface area (TPSA) is 89.2 Å². The van der Waals surface area contributed by atoms with Gasteiger partial charge in [0.2, 0.25) is 6.10 Å². The van der Waals surface area contributed by atoms with Gasteiger partial charge >= 0.3 is 5.97 Å². The van der Waals surface area contributed by atoms with Gasteiger partial charge in [0.1, 0.15) is 11.5 Å². The lowest BCUT2D eigenvalue weighted by atomic mass is 10.0. The summed E-state index contributed by atoms with van der Waals surface area (Å²) < 4.78 is 26.1. The molecule has 0 fully saturated rings. The fourth-order valence-corrected chi connectivity index (χ4v) is 2.09. The SMILES string of the molecule is CCOC(=O)[C@H]1Oc2cc(OCOCCOC)ccc2[C@@H]1N. The van der Waals surface area contributed by atoms with Crippen molar-refractivity contribution in [3.8, 4) is 11.5 Å². The predicted molar refractivity (Wildman–Crippen MR) is 77.7 cm³/mol. The van der Waals surface area contributed by atoms with E-state index in [4.69, 9.17) is 29.4 Å². The molecule has 122 valence electrons. The van der Waals surface area contributed by atoms with Crippen molar-refractivity contribution in [2.75, 3.05) is 33.7 Å². The molecule has 2 N–H and O–H groups in total. The van der Waals surface area contributed by atoms with Crippen LogP contribution in [0.2, 0.25) is 0 Å². The summed E-state index contributed by atoms with van der Waals surface area (Å²) in [4.78, 5) is 11.8. The fraction of sp³-hybridized carbons (Fsp3) is 0.533. The number of methoxy groups -OCH3 is 1. The van der Waals surface area contributed by atoms with Gasteiger partial charge in [-0.2, -0.15) is 0 Å². The molecule has 0 unspecified atom stereocenters. The first kappa shape index (κ1) is 16.5. The minimum absolute atomic E-state index is 0.107. The molecule has 7 nitrogen and oxygen atoms in total. The minimum Gasteiger partial charge on any atom is -0.476 e. The van der Waals surface area contributed by atoms with Crippen LogP contribution in [-0.2, 0) is 19.0 Å². The van der Waals surface area contributed by atoms with Gasteiger partial charge in [0.15, 0.2) is 6.79 Å². The van der Waals surface area contributed by atoms with Crippen LogP contribution in [0.3, 0.4) is 0 Å². The maximum absolute atomic E-state index is 11.8. The Bertz CT molecular complexity index is 507. The first-order chi connectivity index (χ1) is 10.7. The highest BCUT2D eigenvalue weighted by molar-refractivity contribution is 5.78. The summed E-state index contributed by atoms with van der Waals surface area (Å²) in [6, 6.07) is 4.69. The third-order valence-electron chi connectivity index (χ3n) is 3.18. The first-order valence-corrected chi connectivity index (χ1v) is 7.09. The van der Waals surface area contributed by atoms with E-state index in [2.05, 4.69) is 0 Å². The quantitative estimate of drug-likeness (QED) is 0.435. The lowest BCUT2D eigenvalue weighted by Gasteiger charge is -2.13. The van der Waals surface area contributed by atoms with Gasteiger partial charge in [0.25, 0.3) is 0 Å². The lowest BCUT2D eigenvalue weighted by molar-refractivity contribution is -0.151. The molecule has 0 radical (unpaired) electrons. The van der Waals surface area contributed by atoms with E-state index in [1.165, 1.54) is 0 Å². The van der Waals surface area contributed by atoms with E-state index in [1.54, 1.807) is 32.2 Å². The Morgan fingerprint density at radius 2 is 2.18 bits per heavy atom. The second-order valence-corrected chi connectivity index (χ2v) is 4.68. The second kappa shape index (κ2) is 7.98. The Balaban J connectivity index is 1.93. The van der Waals surface area contributed by atoms with Crippen molar-refractivity contribution in [3.05, 3.63) is 23.8 Å². The monoisotopic (exact) mass is 311 g/mol. The van der Waals surface area contributed by atoms with Crippen LogP contribution in [0, 0.1) is 0 Å². The van der Waals surface area contributed by atoms with Crippen molar-refractivity contribution in [3.63, 3.8) is 0 Å². The van der Waals surface area contributed by atoms with Crippen LogP contribution in [0.1, 0.15) is 18.5 Å². The van der Waals surface area contributed by atoms with E-state index < -0.39 is 18.1 Å². The standard InChI is InChI=1S/C15H21NO6/c1-3-20-15(17)14-13(16)11-5-4-10(8-12(11)22-14)21-9-19-7-6-18-2/h4-5,8,13-14H,3,6-7,9,16H2,1-2H3/t13-,14-/m0/s1. The molecule has 0 aromatic heterocycles. The van der Waals surface area contributed by atoms with Gasteiger partial charge in [-0.3, -0.25) is 0 Å². The number of ether oxygens (including phenoxy) is 5. The highest BCUT2D eigenvalue weighted by Crippen LogP contribution is 2.38. The zero-order valence-corrected chi connectivity index (χ0v) is 12.7. The smallest absolute Gasteiger partial charge is 0.349 e. The van der Waals surface area contributed by atoms with Gasteiger partial charge in [0.05, 0.1) is 25.9 Å². The summed E-state index contributed by atoms with van der Waals surface area (Å²) in [5.41, 5.74) is 6.78. The van der Waals surface area contributed by atoms with Gasteiger partial charge in [-0.1, -0.05) is 0 Å². The Morgan fingerprint density at radius 1 is 1.36 bits per heavy atom. The van der Waals surface area contributed by atoms with E-state index in [9.17, 15) is 4.79 Å². The van der Waals surface area contributed by atoms with Crippen LogP contribution in [-0.4, -0.2) is 45.8 Å². The summed E-state index contributed by atoms with van der Waals surface area (Å²) in [5.74, 6) is 0.643. The zero-order chi connectivity index (χ0) is 15.9. The average molecular weight is 311 g/mol. The summed E-state index contributed by atoms with van der Waals surface area (Å²) in [6.07, 6.45) is -0.817. The molecule has 0 saturated carbocycles. The molecule has 1 aromatic carbocycles. The van der Waals surface area contributed by atoms with Gasteiger partial charge in [-0.05, 0) is 19.1 Å².